The van der Waals surface area contributed by atoms with Crippen LogP contribution in [0.4, 0.5) is 0 Å². The average molecular weight is 298 g/mol. The molecule has 0 atom stereocenters. The number of likely N-dealkylation sites (N-methyl/N-ethyl adjacent to an activating group) is 1. The van der Waals surface area contributed by atoms with Gasteiger partial charge in [0.25, 0.3) is 5.91 Å². The van der Waals surface area contributed by atoms with Crippen LogP contribution in [0, 0.1) is 0 Å². The van der Waals surface area contributed by atoms with Crippen molar-refractivity contribution < 1.29 is 4.79 Å². The van der Waals surface area contributed by atoms with Crippen LogP contribution in [0.15, 0.2) is 22.9 Å². The minimum atomic E-state index is 0.0836. The molecule has 0 aliphatic carbocycles. The van der Waals surface area contributed by atoms with Crippen molar-refractivity contribution in [2.24, 2.45) is 0 Å². The third-order valence-electron chi connectivity index (χ3n) is 2.98. The standard InChI is InChI=1S/C12H16BrN3O/c1-15-5-2-6-16(8-7-15)12(17)10-3-4-11(13)14-9-10/h3-4,9H,2,5-8H2,1H3. The maximum atomic E-state index is 12.2. The molecule has 0 aromatic carbocycles. The van der Waals surface area contributed by atoms with Gasteiger partial charge in [0.15, 0.2) is 0 Å². The number of amides is 1. The average Bonchev–Trinajstić information content (AvgIpc) is 2.54. The van der Waals surface area contributed by atoms with E-state index in [2.05, 4.69) is 32.9 Å². The molecule has 1 aliphatic heterocycles. The quantitative estimate of drug-likeness (QED) is 0.739. The SMILES string of the molecule is CN1CCCN(C(=O)c2ccc(Br)nc2)CC1. The fraction of sp³-hybridized carbons (Fsp3) is 0.500. The summed E-state index contributed by atoms with van der Waals surface area (Å²) < 4.78 is 0.754. The van der Waals surface area contributed by atoms with Crippen LogP contribution in [-0.4, -0.2) is 53.9 Å². The Labute approximate surface area is 110 Å². The van der Waals surface area contributed by atoms with E-state index in [0.717, 1.165) is 37.2 Å². The third-order valence-corrected chi connectivity index (χ3v) is 3.45. The van der Waals surface area contributed by atoms with E-state index in [0.29, 0.717) is 5.56 Å². The minimum absolute atomic E-state index is 0.0836. The molecule has 0 saturated carbocycles. The Bertz CT molecular complexity index is 393. The van der Waals surface area contributed by atoms with Crippen molar-refractivity contribution in [2.45, 2.75) is 6.42 Å². The summed E-state index contributed by atoms with van der Waals surface area (Å²) in [5.74, 6) is 0.0836. The van der Waals surface area contributed by atoms with E-state index in [4.69, 9.17) is 0 Å². The fourth-order valence-corrected chi connectivity index (χ4v) is 2.17. The number of carbonyl (C=O) groups is 1. The van der Waals surface area contributed by atoms with Gasteiger partial charge in [-0.05, 0) is 48.1 Å². The second-order valence-corrected chi connectivity index (χ2v) is 5.13. The van der Waals surface area contributed by atoms with Gasteiger partial charge in [-0.3, -0.25) is 4.79 Å². The molecule has 92 valence electrons. The predicted molar refractivity (Wildman–Crippen MR) is 70.0 cm³/mol. The molecule has 1 fully saturated rings. The molecular formula is C12H16BrN3O. The van der Waals surface area contributed by atoms with E-state index in [-0.39, 0.29) is 5.91 Å². The molecule has 4 nitrogen and oxygen atoms in total. The maximum absolute atomic E-state index is 12.2. The van der Waals surface area contributed by atoms with Gasteiger partial charge in [-0.2, -0.15) is 0 Å². The van der Waals surface area contributed by atoms with Gasteiger partial charge in [0, 0.05) is 25.8 Å². The van der Waals surface area contributed by atoms with Crippen LogP contribution < -0.4 is 0 Å². The number of hydrogen-bond donors (Lipinski definition) is 0. The van der Waals surface area contributed by atoms with Crippen molar-refractivity contribution in [2.75, 3.05) is 33.2 Å². The fourth-order valence-electron chi connectivity index (χ4n) is 1.93. The first kappa shape index (κ1) is 12.5. The highest BCUT2D eigenvalue weighted by Gasteiger charge is 2.18. The molecule has 0 spiro atoms. The largest absolute Gasteiger partial charge is 0.337 e. The first-order chi connectivity index (χ1) is 8.16. The molecule has 1 saturated heterocycles. The molecule has 17 heavy (non-hydrogen) atoms. The van der Waals surface area contributed by atoms with Gasteiger partial charge in [0.1, 0.15) is 4.60 Å². The van der Waals surface area contributed by atoms with E-state index in [1.807, 2.05) is 11.0 Å². The molecule has 0 unspecified atom stereocenters. The summed E-state index contributed by atoms with van der Waals surface area (Å²) in [4.78, 5) is 20.5. The van der Waals surface area contributed by atoms with Crippen LogP contribution in [0.25, 0.3) is 0 Å². The predicted octanol–water partition coefficient (Wildman–Crippen LogP) is 1.62. The zero-order valence-corrected chi connectivity index (χ0v) is 11.5. The molecule has 2 rings (SSSR count). The van der Waals surface area contributed by atoms with Crippen LogP contribution >= 0.6 is 15.9 Å². The Morgan fingerprint density at radius 2 is 2.12 bits per heavy atom. The number of nitrogens with zero attached hydrogens (tertiary/aromatic N) is 3. The summed E-state index contributed by atoms with van der Waals surface area (Å²) in [5.41, 5.74) is 0.665. The van der Waals surface area contributed by atoms with Crippen LogP contribution in [0.5, 0.6) is 0 Å². The number of rotatable bonds is 1. The second-order valence-electron chi connectivity index (χ2n) is 4.32. The monoisotopic (exact) mass is 297 g/mol. The third kappa shape index (κ3) is 3.26. The van der Waals surface area contributed by atoms with Crippen molar-refractivity contribution in [3.63, 3.8) is 0 Å². The topological polar surface area (TPSA) is 36.4 Å². The van der Waals surface area contributed by atoms with Crippen LogP contribution in [0.3, 0.4) is 0 Å². The lowest BCUT2D eigenvalue weighted by Crippen LogP contribution is -2.34. The zero-order chi connectivity index (χ0) is 12.3. The molecule has 0 bridgehead atoms. The summed E-state index contributed by atoms with van der Waals surface area (Å²) in [5, 5.41) is 0. The highest BCUT2D eigenvalue weighted by atomic mass is 79.9. The van der Waals surface area contributed by atoms with Gasteiger partial charge >= 0.3 is 0 Å². The Morgan fingerprint density at radius 1 is 1.29 bits per heavy atom. The van der Waals surface area contributed by atoms with Gasteiger partial charge in [-0.1, -0.05) is 0 Å². The first-order valence-corrected chi connectivity index (χ1v) is 6.55. The van der Waals surface area contributed by atoms with E-state index >= 15 is 0 Å². The maximum Gasteiger partial charge on any atom is 0.255 e. The Morgan fingerprint density at radius 3 is 2.82 bits per heavy atom. The molecule has 0 radical (unpaired) electrons. The minimum Gasteiger partial charge on any atom is -0.337 e. The number of hydrogen-bond acceptors (Lipinski definition) is 3. The molecule has 2 heterocycles. The summed E-state index contributed by atoms with van der Waals surface area (Å²) in [7, 11) is 2.09. The van der Waals surface area contributed by atoms with Crippen LogP contribution in [0.1, 0.15) is 16.8 Å². The second kappa shape index (κ2) is 5.60. The van der Waals surface area contributed by atoms with E-state index in [1.165, 1.54) is 0 Å². The van der Waals surface area contributed by atoms with Gasteiger partial charge < -0.3 is 9.80 Å². The van der Waals surface area contributed by atoms with Crippen molar-refractivity contribution >= 4 is 21.8 Å². The number of aromatic nitrogens is 1. The lowest BCUT2D eigenvalue weighted by Gasteiger charge is -2.20. The molecule has 1 aromatic heterocycles. The highest BCUT2D eigenvalue weighted by Crippen LogP contribution is 2.10. The van der Waals surface area contributed by atoms with Crippen molar-refractivity contribution in [3.8, 4) is 0 Å². The van der Waals surface area contributed by atoms with Gasteiger partial charge in [-0.15, -0.1) is 0 Å². The van der Waals surface area contributed by atoms with E-state index in [9.17, 15) is 4.79 Å². The molecule has 5 heteroatoms. The summed E-state index contributed by atoms with van der Waals surface area (Å²) in [6.07, 6.45) is 2.66. The lowest BCUT2D eigenvalue weighted by atomic mass is 10.2. The Kier molecular flexibility index (Phi) is 4.12. The van der Waals surface area contributed by atoms with Crippen LogP contribution in [0.2, 0.25) is 0 Å². The summed E-state index contributed by atoms with van der Waals surface area (Å²) >= 11 is 3.27. The smallest absolute Gasteiger partial charge is 0.255 e. The Balaban J connectivity index is 2.06. The van der Waals surface area contributed by atoms with Crippen molar-refractivity contribution in [1.82, 2.24) is 14.8 Å². The molecule has 1 amide bonds. The number of halogens is 1. The highest BCUT2D eigenvalue weighted by molar-refractivity contribution is 9.10. The number of carbonyl (C=O) groups excluding carboxylic acids is 1. The Hall–Kier alpha value is -0.940. The molecule has 1 aromatic rings. The number of pyridine rings is 1. The lowest BCUT2D eigenvalue weighted by molar-refractivity contribution is 0.0762. The van der Waals surface area contributed by atoms with Gasteiger partial charge in [0.2, 0.25) is 0 Å². The van der Waals surface area contributed by atoms with Crippen molar-refractivity contribution in [1.29, 1.82) is 0 Å². The summed E-state index contributed by atoms with van der Waals surface area (Å²) in [6.45, 7) is 3.63. The van der Waals surface area contributed by atoms with E-state index in [1.54, 1.807) is 12.3 Å². The zero-order valence-electron chi connectivity index (χ0n) is 9.90. The molecular weight excluding hydrogens is 282 g/mol. The van der Waals surface area contributed by atoms with E-state index < -0.39 is 0 Å². The summed E-state index contributed by atoms with van der Waals surface area (Å²) in [6, 6.07) is 3.62. The van der Waals surface area contributed by atoms with Crippen molar-refractivity contribution in [3.05, 3.63) is 28.5 Å². The molecule has 0 N–H and O–H groups in total. The van der Waals surface area contributed by atoms with Gasteiger partial charge in [-0.25, -0.2) is 4.98 Å². The molecule has 1 aliphatic rings. The first-order valence-electron chi connectivity index (χ1n) is 5.76. The van der Waals surface area contributed by atoms with Crippen LogP contribution in [-0.2, 0) is 0 Å². The normalized spacial score (nSPS) is 17.9. The van der Waals surface area contributed by atoms with Gasteiger partial charge in [0.05, 0.1) is 5.56 Å².